The van der Waals surface area contributed by atoms with Crippen LogP contribution in [0.5, 0.6) is 11.5 Å². The van der Waals surface area contributed by atoms with Gasteiger partial charge in [0.2, 0.25) is 5.91 Å². The van der Waals surface area contributed by atoms with Crippen LogP contribution in [0, 0.1) is 5.92 Å². The van der Waals surface area contributed by atoms with Crippen molar-refractivity contribution in [2.45, 2.75) is 46.0 Å². The summed E-state index contributed by atoms with van der Waals surface area (Å²) in [7, 11) is 3.05. The third-order valence-corrected chi connectivity index (χ3v) is 6.04. The number of nitrogens with one attached hydrogen (secondary N) is 2. The molecule has 0 saturated carbocycles. The highest BCUT2D eigenvalue weighted by atomic mass is 16.5. The van der Waals surface area contributed by atoms with Crippen molar-refractivity contribution in [2.24, 2.45) is 5.92 Å². The van der Waals surface area contributed by atoms with Gasteiger partial charge in [-0.3, -0.25) is 14.5 Å². The Morgan fingerprint density at radius 3 is 2.40 bits per heavy atom. The summed E-state index contributed by atoms with van der Waals surface area (Å²) in [6, 6.07) is 12.5. The molecule has 1 aliphatic rings. The highest BCUT2D eigenvalue weighted by Crippen LogP contribution is 2.22. The van der Waals surface area contributed by atoms with Crippen LogP contribution in [0.15, 0.2) is 42.5 Å². The highest BCUT2D eigenvalue weighted by Gasteiger charge is 2.25. The lowest BCUT2D eigenvalue weighted by Gasteiger charge is -2.31. The van der Waals surface area contributed by atoms with Crippen molar-refractivity contribution in [3.63, 3.8) is 0 Å². The predicted molar refractivity (Wildman–Crippen MR) is 135 cm³/mol. The van der Waals surface area contributed by atoms with E-state index in [2.05, 4.69) is 34.6 Å². The molecule has 2 aromatic rings. The summed E-state index contributed by atoms with van der Waals surface area (Å²) < 4.78 is 16.1. The van der Waals surface area contributed by atoms with E-state index in [1.54, 1.807) is 18.2 Å². The Hall–Kier alpha value is -3.10. The van der Waals surface area contributed by atoms with Crippen molar-refractivity contribution in [3.05, 3.63) is 59.2 Å². The lowest BCUT2D eigenvalue weighted by atomic mass is 10.0. The van der Waals surface area contributed by atoms with E-state index in [0.717, 1.165) is 31.8 Å². The second-order valence-electron chi connectivity index (χ2n) is 9.25. The lowest BCUT2D eigenvalue weighted by Crippen LogP contribution is -2.49. The second-order valence-corrected chi connectivity index (χ2v) is 9.25. The normalized spacial score (nSPS) is 17.0. The molecule has 0 bridgehead atoms. The number of morpholine rings is 1. The van der Waals surface area contributed by atoms with Gasteiger partial charge in [0.15, 0.2) is 0 Å². The summed E-state index contributed by atoms with van der Waals surface area (Å²) in [6.07, 6.45) is 0.243. The number of hydrogen-bond donors (Lipinski definition) is 2. The molecule has 2 N–H and O–H groups in total. The van der Waals surface area contributed by atoms with Crippen LogP contribution >= 0.6 is 0 Å². The Balaban J connectivity index is 1.61. The first-order valence-corrected chi connectivity index (χ1v) is 12.0. The zero-order valence-corrected chi connectivity index (χ0v) is 21.3. The molecule has 0 radical (unpaired) electrons. The number of benzene rings is 2. The Morgan fingerprint density at radius 2 is 1.77 bits per heavy atom. The van der Waals surface area contributed by atoms with Gasteiger partial charge in [0, 0.05) is 37.8 Å². The number of hydrogen-bond acceptors (Lipinski definition) is 6. The third-order valence-electron chi connectivity index (χ3n) is 6.04. The number of carbonyl (C=O) groups excluding carboxylic acids is 2. The van der Waals surface area contributed by atoms with Gasteiger partial charge in [0.1, 0.15) is 17.5 Å². The summed E-state index contributed by atoms with van der Waals surface area (Å²) in [6.45, 7) is 9.72. The molecule has 0 spiro atoms. The molecule has 1 heterocycles. The SMILES string of the molecule is COc1cc(OC)cc(C(=O)NC(C(=O)NCc2cccc(CN3CCOC(C)C3)c2)C(C)C)c1. The fraction of sp³-hybridized carbons (Fsp3) is 0.481. The fourth-order valence-corrected chi connectivity index (χ4v) is 4.13. The van der Waals surface area contributed by atoms with Crippen LogP contribution in [0.25, 0.3) is 0 Å². The van der Waals surface area contributed by atoms with E-state index in [-0.39, 0.29) is 23.8 Å². The van der Waals surface area contributed by atoms with E-state index < -0.39 is 6.04 Å². The molecule has 3 rings (SSSR count). The molecule has 0 aromatic heterocycles. The largest absolute Gasteiger partial charge is 0.497 e. The van der Waals surface area contributed by atoms with Crippen LogP contribution in [-0.2, 0) is 22.6 Å². The summed E-state index contributed by atoms with van der Waals surface area (Å²) in [5.41, 5.74) is 2.58. The number of amides is 2. The molecule has 1 aliphatic heterocycles. The van der Waals surface area contributed by atoms with Crippen LogP contribution in [0.4, 0.5) is 0 Å². The van der Waals surface area contributed by atoms with Gasteiger partial charge in [-0.15, -0.1) is 0 Å². The van der Waals surface area contributed by atoms with E-state index in [0.29, 0.717) is 23.6 Å². The Labute approximate surface area is 207 Å². The van der Waals surface area contributed by atoms with Gasteiger partial charge >= 0.3 is 0 Å². The Kier molecular flexibility index (Phi) is 9.51. The third kappa shape index (κ3) is 7.70. The zero-order valence-electron chi connectivity index (χ0n) is 21.3. The molecular weight excluding hydrogens is 446 g/mol. The van der Waals surface area contributed by atoms with Gasteiger partial charge in [0.25, 0.3) is 5.91 Å². The summed E-state index contributed by atoms with van der Waals surface area (Å²) in [5.74, 6) is 0.326. The quantitative estimate of drug-likeness (QED) is 0.540. The maximum absolute atomic E-state index is 13.0. The van der Waals surface area contributed by atoms with Gasteiger partial charge in [0.05, 0.1) is 26.9 Å². The average Bonchev–Trinajstić information content (AvgIpc) is 2.85. The van der Waals surface area contributed by atoms with E-state index in [4.69, 9.17) is 14.2 Å². The minimum absolute atomic E-state index is 0.0962. The van der Waals surface area contributed by atoms with E-state index >= 15 is 0 Å². The van der Waals surface area contributed by atoms with Crippen LogP contribution in [0.3, 0.4) is 0 Å². The van der Waals surface area contributed by atoms with E-state index in [9.17, 15) is 9.59 Å². The Morgan fingerprint density at radius 1 is 1.09 bits per heavy atom. The maximum Gasteiger partial charge on any atom is 0.252 e. The molecule has 2 unspecified atom stereocenters. The first kappa shape index (κ1) is 26.5. The van der Waals surface area contributed by atoms with E-state index in [1.807, 2.05) is 26.0 Å². The number of nitrogens with zero attached hydrogens (tertiary/aromatic N) is 1. The van der Waals surface area contributed by atoms with Crippen LogP contribution < -0.4 is 20.1 Å². The van der Waals surface area contributed by atoms with Crippen LogP contribution in [0.2, 0.25) is 0 Å². The monoisotopic (exact) mass is 483 g/mol. The molecule has 1 saturated heterocycles. The molecule has 2 aromatic carbocycles. The minimum atomic E-state index is -0.683. The minimum Gasteiger partial charge on any atom is -0.497 e. The molecule has 190 valence electrons. The summed E-state index contributed by atoms with van der Waals surface area (Å²) in [5, 5.41) is 5.84. The van der Waals surface area contributed by atoms with Crippen molar-refractivity contribution >= 4 is 11.8 Å². The first-order chi connectivity index (χ1) is 16.8. The lowest BCUT2D eigenvalue weighted by molar-refractivity contribution is -0.124. The van der Waals surface area contributed by atoms with Crippen LogP contribution in [-0.4, -0.2) is 62.8 Å². The fourth-order valence-electron chi connectivity index (χ4n) is 4.13. The molecule has 2 amide bonds. The molecule has 8 heteroatoms. The maximum atomic E-state index is 13.0. The number of rotatable bonds is 10. The van der Waals surface area contributed by atoms with Crippen molar-refractivity contribution in [3.8, 4) is 11.5 Å². The van der Waals surface area contributed by atoms with Gasteiger partial charge in [-0.05, 0) is 36.1 Å². The molecule has 8 nitrogen and oxygen atoms in total. The molecule has 35 heavy (non-hydrogen) atoms. The summed E-state index contributed by atoms with van der Waals surface area (Å²) in [4.78, 5) is 28.3. The van der Waals surface area contributed by atoms with Gasteiger partial charge < -0.3 is 24.8 Å². The highest BCUT2D eigenvalue weighted by molar-refractivity contribution is 5.98. The van der Waals surface area contributed by atoms with Gasteiger partial charge in [-0.2, -0.15) is 0 Å². The first-order valence-electron chi connectivity index (χ1n) is 12.0. The smallest absolute Gasteiger partial charge is 0.252 e. The number of ether oxygens (including phenoxy) is 3. The molecule has 0 aliphatic carbocycles. The molecule has 2 atom stereocenters. The topological polar surface area (TPSA) is 89.1 Å². The van der Waals surface area contributed by atoms with Crippen LogP contribution in [0.1, 0.15) is 42.3 Å². The van der Waals surface area contributed by atoms with Crippen molar-refractivity contribution in [2.75, 3.05) is 33.9 Å². The standard InChI is InChI=1S/C27H37N3O5/c1-18(2)25(29-26(31)22-12-23(33-4)14-24(13-22)34-5)27(32)28-15-20-7-6-8-21(11-20)17-30-9-10-35-19(3)16-30/h6-8,11-14,18-19,25H,9-10,15-17H2,1-5H3,(H,28,32)(H,29,31). The molecule has 1 fully saturated rings. The number of methoxy groups -OCH3 is 2. The van der Waals surface area contributed by atoms with Crippen molar-refractivity contribution in [1.82, 2.24) is 15.5 Å². The van der Waals surface area contributed by atoms with Gasteiger partial charge in [-0.25, -0.2) is 0 Å². The van der Waals surface area contributed by atoms with E-state index in [1.165, 1.54) is 19.8 Å². The van der Waals surface area contributed by atoms with Crippen molar-refractivity contribution < 1.29 is 23.8 Å². The predicted octanol–water partition coefficient (Wildman–Crippen LogP) is 3.00. The zero-order chi connectivity index (χ0) is 25.4. The number of carbonyl (C=O) groups is 2. The average molecular weight is 484 g/mol. The Bertz CT molecular complexity index is 988. The van der Waals surface area contributed by atoms with Crippen molar-refractivity contribution in [1.29, 1.82) is 0 Å². The second kappa shape index (κ2) is 12.6. The van der Waals surface area contributed by atoms with Gasteiger partial charge in [-0.1, -0.05) is 38.1 Å². The molecular formula is C27H37N3O5. The summed E-state index contributed by atoms with van der Waals surface area (Å²) >= 11 is 0.